The van der Waals surface area contributed by atoms with Crippen LogP contribution in [0.15, 0.2) is 16.6 Å². The minimum Gasteiger partial charge on any atom is -0.478 e. The van der Waals surface area contributed by atoms with Crippen molar-refractivity contribution < 1.29 is 9.90 Å². The Balaban J connectivity index is 3.50. The van der Waals surface area contributed by atoms with Crippen molar-refractivity contribution in [2.75, 3.05) is 0 Å². The molecular weight excluding hydrogens is 234 g/mol. The number of hydrogen-bond donors (Lipinski definition) is 1. The van der Waals surface area contributed by atoms with Gasteiger partial charge in [-0.1, -0.05) is 15.9 Å². The molecule has 0 amide bonds. The van der Waals surface area contributed by atoms with E-state index in [1.807, 2.05) is 6.07 Å². The van der Waals surface area contributed by atoms with Crippen LogP contribution >= 0.6 is 15.9 Å². The Morgan fingerprint density at radius 1 is 1.62 bits per heavy atom. The molecule has 1 aromatic rings. The van der Waals surface area contributed by atoms with Crippen LogP contribution in [0.4, 0.5) is 0 Å². The molecule has 0 aliphatic rings. The van der Waals surface area contributed by atoms with Gasteiger partial charge in [0.2, 0.25) is 0 Å². The molecule has 1 rings (SSSR count). The molecule has 0 aliphatic carbocycles. The minimum absolute atomic E-state index is 0.0365. The maximum atomic E-state index is 10.7. The van der Waals surface area contributed by atoms with Gasteiger partial charge in [-0.25, -0.2) is 4.79 Å². The van der Waals surface area contributed by atoms with E-state index >= 15 is 0 Å². The zero-order valence-electron chi connectivity index (χ0n) is 6.84. The van der Waals surface area contributed by atoms with Crippen molar-refractivity contribution >= 4 is 21.9 Å². The molecular formula is C9H6BrNO2. The standard InChI is InChI=1S/C9H6BrNO2/c1-5-2-6(10)3-7(9(12)13)8(5)4-11/h2-3H,1H3,(H,12,13). The van der Waals surface area contributed by atoms with Gasteiger partial charge in [-0.15, -0.1) is 0 Å². The summed E-state index contributed by atoms with van der Waals surface area (Å²) in [6.45, 7) is 1.70. The number of rotatable bonds is 1. The molecule has 0 fully saturated rings. The number of aromatic carboxylic acids is 1. The lowest BCUT2D eigenvalue weighted by molar-refractivity contribution is 0.0696. The van der Waals surface area contributed by atoms with Gasteiger partial charge in [-0.05, 0) is 24.6 Å². The number of carbonyl (C=O) groups is 1. The molecule has 0 spiro atoms. The Labute approximate surface area is 83.7 Å². The van der Waals surface area contributed by atoms with E-state index in [2.05, 4.69) is 15.9 Å². The maximum Gasteiger partial charge on any atom is 0.337 e. The first-order valence-corrected chi connectivity index (χ1v) is 4.29. The molecule has 13 heavy (non-hydrogen) atoms. The number of halogens is 1. The third kappa shape index (κ3) is 1.87. The maximum absolute atomic E-state index is 10.7. The van der Waals surface area contributed by atoms with E-state index in [0.717, 1.165) is 0 Å². The van der Waals surface area contributed by atoms with Crippen LogP contribution in [0.25, 0.3) is 0 Å². The quantitative estimate of drug-likeness (QED) is 0.819. The molecule has 0 unspecified atom stereocenters. The SMILES string of the molecule is Cc1cc(Br)cc(C(=O)O)c1C#N. The topological polar surface area (TPSA) is 61.1 Å². The summed E-state index contributed by atoms with van der Waals surface area (Å²) in [6, 6.07) is 5.01. The van der Waals surface area contributed by atoms with E-state index in [9.17, 15) is 4.79 Å². The number of carboxylic acid groups (broad SMARTS) is 1. The zero-order chi connectivity index (χ0) is 10.0. The van der Waals surface area contributed by atoms with Crippen molar-refractivity contribution in [2.45, 2.75) is 6.92 Å². The molecule has 0 radical (unpaired) electrons. The van der Waals surface area contributed by atoms with Crippen LogP contribution in [0.5, 0.6) is 0 Å². The van der Waals surface area contributed by atoms with Crippen LogP contribution in [0.2, 0.25) is 0 Å². The number of hydrogen-bond acceptors (Lipinski definition) is 2. The monoisotopic (exact) mass is 239 g/mol. The fraction of sp³-hybridized carbons (Fsp3) is 0.111. The van der Waals surface area contributed by atoms with Crippen molar-refractivity contribution in [3.8, 4) is 6.07 Å². The average Bonchev–Trinajstić information content (AvgIpc) is 2.02. The van der Waals surface area contributed by atoms with Gasteiger partial charge in [0.1, 0.15) is 6.07 Å². The van der Waals surface area contributed by atoms with Crippen molar-refractivity contribution in [3.05, 3.63) is 33.3 Å². The van der Waals surface area contributed by atoms with E-state index < -0.39 is 5.97 Å². The predicted molar refractivity (Wildman–Crippen MR) is 50.6 cm³/mol. The summed E-state index contributed by atoms with van der Waals surface area (Å²) >= 11 is 3.17. The van der Waals surface area contributed by atoms with E-state index in [0.29, 0.717) is 10.0 Å². The normalized spacial score (nSPS) is 9.31. The molecule has 1 N–H and O–H groups in total. The van der Waals surface area contributed by atoms with Gasteiger partial charge in [0.05, 0.1) is 11.1 Å². The van der Waals surface area contributed by atoms with Crippen molar-refractivity contribution in [2.24, 2.45) is 0 Å². The summed E-state index contributed by atoms with van der Waals surface area (Å²) < 4.78 is 0.668. The lowest BCUT2D eigenvalue weighted by Crippen LogP contribution is -2.01. The second-order valence-corrected chi connectivity index (χ2v) is 3.48. The molecule has 0 saturated heterocycles. The lowest BCUT2D eigenvalue weighted by Gasteiger charge is -2.02. The van der Waals surface area contributed by atoms with Crippen molar-refractivity contribution in [1.29, 1.82) is 5.26 Å². The second kappa shape index (κ2) is 3.58. The Bertz CT molecular complexity index is 407. The number of carboxylic acids is 1. The van der Waals surface area contributed by atoms with Crippen LogP contribution < -0.4 is 0 Å². The Hall–Kier alpha value is -1.34. The number of nitrogens with zero attached hydrogens (tertiary/aromatic N) is 1. The largest absolute Gasteiger partial charge is 0.478 e. The van der Waals surface area contributed by atoms with Gasteiger partial charge >= 0.3 is 5.97 Å². The van der Waals surface area contributed by atoms with Crippen LogP contribution in [-0.4, -0.2) is 11.1 Å². The number of aryl methyl sites for hydroxylation is 1. The van der Waals surface area contributed by atoms with Crippen molar-refractivity contribution in [1.82, 2.24) is 0 Å². The Kier molecular flexibility index (Phi) is 2.69. The second-order valence-electron chi connectivity index (χ2n) is 2.56. The van der Waals surface area contributed by atoms with Gasteiger partial charge in [-0.3, -0.25) is 0 Å². The first-order chi connectivity index (χ1) is 6.06. The summed E-state index contributed by atoms with van der Waals surface area (Å²) in [6.07, 6.45) is 0. The van der Waals surface area contributed by atoms with E-state index in [4.69, 9.17) is 10.4 Å². The van der Waals surface area contributed by atoms with Gasteiger partial charge in [0.25, 0.3) is 0 Å². The average molecular weight is 240 g/mol. The number of benzene rings is 1. The lowest BCUT2D eigenvalue weighted by atomic mass is 10.0. The smallest absolute Gasteiger partial charge is 0.337 e. The molecule has 0 atom stereocenters. The number of nitriles is 1. The fourth-order valence-electron chi connectivity index (χ4n) is 1.06. The summed E-state index contributed by atoms with van der Waals surface area (Å²) in [4.78, 5) is 10.7. The van der Waals surface area contributed by atoms with Gasteiger partial charge < -0.3 is 5.11 Å². The van der Waals surface area contributed by atoms with E-state index in [1.165, 1.54) is 6.07 Å². The molecule has 66 valence electrons. The highest BCUT2D eigenvalue weighted by molar-refractivity contribution is 9.10. The summed E-state index contributed by atoms with van der Waals surface area (Å²) in [5, 5.41) is 17.5. The van der Waals surface area contributed by atoms with Crippen LogP contribution in [-0.2, 0) is 0 Å². The predicted octanol–water partition coefficient (Wildman–Crippen LogP) is 2.33. The summed E-state index contributed by atoms with van der Waals surface area (Å²) in [7, 11) is 0. The Morgan fingerprint density at radius 3 is 2.69 bits per heavy atom. The third-order valence-electron chi connectivity index (χ3n) is 1.64. The Morgan fingerprint density at radius 2 is 2.23 bits per heavy atom. The zero-order valence-corrected chi connectivity index (χ0v) is 8.42. The molecule has 0 aromatic heterocycles. The van der Waals surface area contributed by atoms with Gasteiger partial charge in [0.15, 0.2) is 0 Å². The molecule has 0 saturated carbocycles. The highest BCUT2D eigenvalue weighted by Gasteiger charge is 2.12. The van der Waals surface area contributed by atoms with Gasteiger partial charge in [-0.2, -0.15) is 5.26 Å². The summed E-state index contributed by atoms with van der Waals surface area (Å²) in [5.41, 5.74) is 0.916. The summed E-state index contributed by atoms with van der Waals surface area (Å²) in [5.74, 6) is -1.08. The van der Waals surface area contributed by atoms with Crippen LogP contribution in [0.3, 0.4) is 0 Å². The molecule has 1 aromatic carbocycles. The minimum atomic E-state index is -1.08. The van der Waals surface area contributed by atoms with E-state index in [1.54, 1.807) is 13.0 Å². The molecule has 4 heteroatoms. The highest BCUT2D eigenvalue weighted by Crippen LogP contribution is 2.20. The molecule has 0 aliphatic heterocycles. The highest BCUT2D eigenvalue weighted by atomic mass is 79.9. The molecule has 0 heterocycles. The third-order valence-corrected chi connectivity index (χ3v) is 2.10. The van der Waals surface area contributed by atoms with Gasteiger partial charge in [0, 0.05) is 4.47 Å². The van der Waals surface area contributed by atoms with Crippen LogP contribution in [0, 0.1) is 18.3 Å². The van der Waals surface area contributed by atoms with E-state index in [-0.39, 0.29) is 11.1 Å². The van der Waals surface area contributed by atoms with Crippen LogP contribution in [0.1, 0.15) is 21.5 Å². The fourth-order valence-corrected chi connectivity index (χ4v) is 1.63. The van der Waals surface area contributed by atoms with Crippen molar-refractivity contribution in [3.63, 3.8) is 0 Å². The first kappa shape index (κ1) is 9.75. The molecule has 0 bridgehead atoms. The first-order valence-electron chi connectivity index (χ1n) is 3.50. The molecule has 3 nitrogen and oxygen atoms in total.